The number of aromatic nitrogens is 1. The monoisotopic (exact) mass is 336 g/mol. The van der Waals surface area contributed by atoms with E-state index in [2.05, 4.69) is 15.4 Å². The fraction of sp³-hybridized carbons (Fsp3) is 0.429. The Kier molecular flexibility index (Phi) is 4.12. The van der Waals surface area contributed by atoms with Gasteiger partial charge in [-0.1, -0.05) is 0 Å². The van der Waals surface area contributed by atoms with Gasteiger partial charge in [0, 0.05) is 19.0 Å². The largest absolute Gasteiger partial charge is 0.319 e. The maximum atomic E-state index is 12.2. The molecule has 1 aromatic heterocycles. The average molecular weight is 336 g/mol. The molecule has 1 atom stereocenters. The number of hydrogen-bond acceptors (Lipinski definition) is 6. The Morgan fingerprint density at radius 2 is 2.17 bits per heavy atom. The number of amides is 2. The minimum Gasteiger partial charge on any atom is -0.319 e. The molecule has 8 nitrogen and oxygen atoms in total. The molecule has 1 aromatic rings. The lowest BCUT2D eigenvalue weighted by atomic mass is 10.1. The molecule has 0 aromatic carbocycles. The smallest absolute Gasteiger partial charge is 0.271 e. The lowest BCUT2D eigenvalue weighted by molar-refractivity contribution is -0.133. The van der Waals surface area contributed by atoms with Crippen LogP contribution >= 0.6 is 0 Å². The summed E-state index contributed by atoms with van der Waals surface area (Å²) in [5.74, 6) is -0.699. The standard InChI is InChI=1S/C14H16N4O4S/c19-13-4-3-12(14(20)16-10-2-1-6-15-8-10)17-18(13)11-5-7-23(21,22)9-11/h1-2,6,8,11H,3-5,7,9H2,(H,16,20)/t11-/m1/s1. The minimum atomic E-state index is -3.13. The lowest BCUT2D eigenvalue weighted by Gasteiger charge is -2.27. The molecule has 0 aliphatic carbocycles. The van der Waals surface area contributed by atoms with E-state index >= 15 is 0 Å². The zero-order valence-corrected chi connectivity index (χ0v) is 13.1. The number of hydrogen-bond donors (Lipinski definition) is 1. The molecule has 0 saturated carbocycles. The van der Waals surface area contributed by atoms with Crippen LogP contribution in [0.3, 0.4) is 0 Å². The predicted octanol–water partition coefficient (Wildman–Crippen LogP) is 0.186. The number of hydrazone groups is 1. The van der Waals surface area contributed by atoms with Crippen LogP contribution in [-0.4, -0.2) is 53.5 Å². The molecule has 1 fully saturated rings. The molecule has 122 valence electrons. The summed E-state index contributed by atoms with van der Waals surface area (Å²) < 4.78 is 23.1. The first kappa shape index (κ1) is 15.6. The summed E-state index contributed by atoms with van der Waals surface area (Å²) in [7, 11) is -3.13. The zero-order valence-electron chi connectivity index (χ0n) is 12.3. The Balaban J connectivity index is 1.76. The first-order valence-corrected chi connectivity index (χ1v) is 9.08. The molecule has 3 heterocycles. The van der Waals surface area contributed by atoms with Crippen molar-refractivity contribution in [1.82, 2.24) is 9.99 Å². The third-order valence-electron chi connectivity index (χ3n) is 3.80. The first-order chi connectivity index (χ1) is 10.9. The van der Waals surface area contributed by atoms with Crippen molar-refractivity contribution in [2.45, 2.75) is 25.3 Å². The normalized spacial score (nSPS) is 23.5. The van der Waals surface area contributed by atoms with Crippen molar-refractivity contribution < 1.29 is 18.0 Å². The quantitative estimate of drug-likeness (QED) is 0.847. The topological polar surface area (TPSA) is 109 Å². The summed E-state index contributed by atoms with van der Waals surface area (Å²) in [6.45, 7) is 0. The van der Waals surface area contributed by atoms with Crippen molar-refractivity contribution in [2.75, 3.05) is 16.8 Å². The highest BCUT2D eigenvalue weighted by molar-refractivity contribution is 7.91. The molecule has 9 heteroatoms. The highest BCUT2D eigenvalue weighted by Crippen LogP contribution is 2.22. The van der Waals surface area contributed by atoms with Crippen molar-refractivity contribution in [3.8, 4) is 0 Å². The Morgan fingerprint density at radius 1 is 1.35 bits per heavy atom. The molecule has 23 heavy (non-hydrogen) atoms. The summed E-state index contributed by atoms with van der Waals surface area (Å²) in [5.41, 5.74) is 0.754. The number of nitrogens with one attached hydrogen (secondary N) is 1. The second-order valence-corrected chi connectivity index (χ2v) is 7.77. The van der Waals surface area contributed by atoms with E-state index in [4.69, 9.17) is 0 Å². The van der Waals surface area contributed by atoms with Crippen LogP contribution < -0.4 is 5.32 Å². The summed E-state index contributed by atoms with van der Waals surface area (Å²) in [6, 6.07) is 2.91. The minimum absolute atomic E-state index is 0.0498. The van der Waals surface area contributed by atoms with E-state index in [1.807, 2.05) is 0 Å². The van der Waals surface area contributed by atoms with Crippen molar-refractivity contribution in [1.29, 1.82) is 0 Å². The van der Waals surface area contributed by atoms with E-state index in [1.165, 1.54) is 11.2 Å². The van der Waals surface area contributed by atoms with Gasteiger partial charge in [-0.2, -0.15) is 5.10 Å². The van der Waals surface area contributed by atoms with E-state index in [9.17, 15) is 18.0 Å². The molecule has 1 N–H and O–H groups in total. The Labute approximate surface area is 133 Å². The van der Waals surface area contributed by atoms with Gasteiger partial charge in [0.1, 0.15) is 5.71 Å². The molecule has 2 aliphatic heterocycles. The third kappa shape index (κ3) is 3.55. The molecular formula is C14H16N4O4S. The Hall–Kier alpha value is -2.29. The van der Waals surface area contributed by atoms with Crippen molar-refractivity contribution in [2.24, 2.45) is 5.10 Å². The summed E-state index contributed by atoms with van der Waals surface area (Å²) in [4.78, 5) is 28.1. The molecule has 0 unspecified atom stereocenters. The van der Waals surface area contributed by atoms with Gasteiger partial charge in [0.2, 0.25) is 5.91 Å². The number of nitrogens with zero attached hydrogens (tertiary/aromatic N) is 3. The number of rotatable bonds is 3. The second-order valence-electron chi connectivity index (χ2n) is 5.54. The van der Waals surface area contributed by atoms with E-state index in [1.54, 1.807) is 18.3 Å². The van der Waals surface area contributed by atoms with Gasteiger partial charge >= 0.3 is 0 Å². The summed E-state index contributed by atoms with van der Waals surface area (Å²) in [6.07, 6.45) is 3.84. The summed E-state index contributed by atoms with van der Waals surface area (Å²) >= 11 is 0. The molecule has 2 amide bonds. The molecular weight excluding hydrogens is 320 g/mol. The van der Waals surface area contributed by atoms with Gasteiger partial charge in [-0.15, -0.1) is 0 Å². The van der Waals surface area contributed by atoms with E-state index < -0.39 is 21.8 Å². The van der Waals surface area contributed by atoms with Crippen LogP contribution in [0.15, 0.2) is 29.6 Å². The van der Waals surface area contributed by atoms with Crippen LogP contribution in [-0.2, 0) is 19.4 Å². The van der Waals surface area contributed by atoms with Crippen LogP contribution in [0.5, 0.6) is 0 Å². The molecule has 2 aliphatic rings. The van der Waals surface area contributed by atoms with Crippen molar-refractivity contribution >= 4 is 33.1 Å². The number of carbonyl (C=O) groups is 2. The fourth-order valence-corrected chi connectivity index (χ4v) is 4.32. The number of pyridine rings is 1. The van der Waals surface area contributed by atoms with Gasteiger partial charge in [0.05, 0.1) is 29.4 Å². The maximum Gasteiger partial charge on any atom is 0.271 e. The van der Waals surface area contributed by atoms with Gasteiger partial charge in [-0.25, -0.2) is 13.4 Å². The predicted molar refractivity (Wildman–Crippen MR) is 83.4 cm³/mol. The third-order valence-corrected chi connectivity index (χ3v) is 5.55. The van der Waals surface area contributed by atoms with Gasteiger partial charge in [0.25, 0.3) is 5.91 Å². The first-order valence-electron chi connectivity index (χ1n) is 7.26. The van der Waals surface area contributed by atoms with Crippen LogP contribution in [0.25, 0.3) is 0 Å². The molecule has 0 bridgehead atoms. The molecule has 0 spiro atoms. The number of anilines is 1. The SMILES string of the molecule is O=C(Nc1cccnc1)C1=NN([C@@H]2CCS(=O)(=O)C2)C(=O)CC1. The van der Waals surface area contributed by atoms with Crippen molar-refractivity contribution in [3.63, 3.8) is 0 Å². The number of sulfone groups is 1. The van der Waals surface area contributed by atoms with Gasteiger partial charge in [-0.3, -0.25) is 14.6 Å². The van der Waals surface area contributed by atoms with Crippen molar-refractivity contribution in [3.05, 3.63) is 24.5 Å². The number of carbonyl (C=O) groups excluding carboxylic acids is 2. The van der Waals surface area contributed by atoms with Crippen LogP contribution in [0, 0.1) is 0 Å². The maximum absolute atomic E-state index is 12.2. The molecule has 0 radical (unpaired) electrons. The van der Waals surface area contributed by atoms with Gasteiger partial charge in [0.15, 0.2) is 9.84 Å². The van der Waals surface area contributed by atoms with Gasteiger partial charge < -0.3 is 5.32 Å². The van der Waals surface area contributed by atoms with Gasteiger partial charge in [-0.05, 0) is 18.6 Å². The fourth-order valence-electron chi connectivity index (χ4n) is 2.63. The zero-order chi connectivity index (χ0) is 16.4. The van der Waals surface area contributed by atoms with E-state index in [0.717, 1.165) is 0 Å². The van der Waals surface area contributed by atoms with Crippen LogP contribution in [0.1, 0.15) is 19.3 Å². The van der Waals surface area contributed by atoms with E-state index in [-0.39, 0.29) is 36.0 Å². The highest BCUT2D eigenvalue weighted by atomic mass is 32.2. The Morgan fingerprint density at radius 3 is 2.83 bits per heavy atom. The molecule has 1 saturated heterocycles. The average Bonchev–Trinajstić information content (AvgIpc) is 2.88. The second kappa shape index (κ2) is 6.07. The lowest BCUT2D eigenvalue weighted by Crippen LogP contribution is -2.42. The molecule has 3 rings (SSSR count). The summed E-state index contributed by atoms with van der Waals surface area (Å²) in [5, 5.41) is 7.95. The highest BCUT2D eigenvalue weighted by Gasteiger charge is 2.37. The van der Waals surface area contributed by atoms with E-state index in [0.29, 0.717) is 12.1 Å². The van der Waals surface area contributed by atoms with Crippen LogP contribution in [0.2, 0.25) is 0 Å². The van der Waals surface area contributed by atoms with Crippen LogP contribution in [0.4, 0.5) is 5.69 Å². The Bertz CT molecular complexity index is 760.